The number of methoxy groups -OCH3 is 1. The molecule has 8 heteroatoms. The Balaban J connectivity index is 1.92. The van der Waals surface area contributed by atoms with E-state index < -0.39 is 11.8 Å². The molecule has 0 saturated heterocycles. The smallest absolute Gasteiger partial charge is 0.313 e. The molecule has 2 aromatic rings. The fourth-order valence-electron chi connectivity index (χ4n) is 2.25. The summed E-state index contributed by atoms with van der Waals surface area (Å²) < 4.78 is 4.93. The van der Waals surface area contributed by atoms with Crippen molar-refractivity contribution in [2.75, 3.05) is 25.6 Å². The summed E-state index contributed by atoms with van der Waals surface area (Å²) in [6.07, 6.45) is 3.88. The molecule has 27 heavy (non-hydrogen) atoms. The molecule has 8 nitrogen and oxygen atoms in total. The lowest BCUT2D eigenvalue weighted by Crippen LogP contribution is -2.35. The van der Waals surface area contributed by atoms with Crippen LogP contribution in [-0.2, 0) is 20.9 Å². The number of carbonyl (C=O) groups is 3. The van der Waals surface area contributed by atoms with Crippen molar-refractivity contribution in [3.8, 4) is 0 Å². The van der Waals surface area contributed by atoms with E-state index in [4.69, 9.17) is 4.74 Å². The zero-order valence-corrected chi connectivity index (χ0v) is 15.0. The average Bonchev–Trinajstić information content (AvgIpc) is 2.70. The van der Waals surface area contributed by atoms with Crippen LogP contribution in [0.2, 0.25) is 0 Å². The number of rotatable bonds is 8. The van der Waals surface area contributed by atoms with Crippen LogP contribution in [0.1, 0.15) is 22.3 Å². The van der Waals surface area contributed by atoms with Gasteiger partial charge in [-0.2, -0.15) is 0 Å². The lowest BCUT2D eigenvalue weighted by atomic mass is 10.1. The van der Waals surface area contributed by atoms with Crippen LogP contribution in [0.25, 0.3) is 0 Å². The van der Waals surface area contributed by atoms with Gasteiger partial charge in [-0.1, -0.05) is 12.1 Å². The third-order valence-electron chi connectivity index (χ3n) is 3.64. The maximum atomic E-state index is 12.3. The van der Waals surface area contributed by atoms with Gasteiger partial charge in [0.25, 0.3) is 5.91 Å². The monoisotopic (exact) mass is 370 g/mol. The summed E-state index contributed by atoms with van der Waals surface area (Å²) >= 11 is 0. The maximum absolute atomic E-state index is 12.3. The Bertz CT molecular complexity index is 780. The quantitative estimate of drug-likeness (QED) is 0.476. The number of benzene rings is 1. The Hall–Kier alpha value is -3.26. The number of carbonyl (C=O) groups excluding carboxylic acids is 3. The Morgan fingerprint density at radius 3 is 2.48 bits per heavy atom. The standard InChI is InChI=1S/C19H22N4O4/c1-27-12-4-9-21-17(24)15-5-2-3-6-16(15)23-19(26)18(25)22-13-14-7-10-20-11-8-14/h2-3,5-8,10-11H,4,9,12-13H2,1H3,(H,21,24)(H,22,25)(H,23,26). The molecule has 3 N–H and O–H groups in total. The van der Waals surface area contributed by atoms with Gasteiger partial charge >= 0.3 is 11.8 Å². The molecule has 142 valence electrons. The van der Waals surface area contributed by atoms with Gasteiger partial charge in [-0.15, -0.1) is 0 Å². The minimum atomic E-state index is -0.844. The van der Waals surface area contributed by atoms with Crippen LogP contribution in [0.15, 0.2) is 48.8 Å². The summed E-state index contributed by atoms with van der Waals surface area (Å²) in [6.45, 7) is 1.19. The summed E-state index contributed by atoms with van der Waals surface area (Å²) in [5.74, 6) is -1.97. The molecule has 1 heterocycles. The fraction of sp³-hybridized carbons (Fsp3) is 0.263. The highest BCUT2D eigenvalue weighted by molar-refractivity contribution is 6.40. The van der Waals surface area contributed by atoms with Crippen molar-refractivity contribution in [3.63, 3.8) is 0 Å². The number of nitrogens with one attached hydrogen (secondary N) is 3. The minimum Gasteiger partial charge on any atom is -0.385 e. The minimum absolute atomic E-state index is 0.205. The fourth-order valence-corrected chi connectivity index (χ4v) is 2.25. The van der Waals surface area contributed by atoms with Gasteiger partial charge in [-0.25, -0.2) is 0 Å². The molecule has 0 spiro atoms. The number of para-hydroxylation sites is 1. The molecule has 0 aliphatic rings. The Labute approximate surface area is 157 Å². The van der Waals surface area contributed by atoms with Crippen LogP contribution in [0, 0.1) is 0 Å². The van der Waals surface area contributed by atoms with Crippen molar-refractivity contribution in [1.82, 2.24) is 15.6 Å². The SMILES string of the molecule is COCCCNC(=O)c1ccccc1NC(=O)C(=O)NCc1ccncc1. The van der Waals surface area contributed by atoms with E-state index in [1.807, 2.05) is 0 Å². The summed E-state index contributed by atoms with van der Waals surface area (Å²) in [5.41, 5.74) is 1.37. The highest BCUT2D eigenvalue weighted by Crippen LogP contribution is 2.14. The van der Waals surface area contributed by atoms with E-state index in [0.29, 0.717) is 19.6 Å². The molecule has 0 aliphatic heterocycles. The number of hydrogen-bond acceptors (Lipinski definition) is 5. The highest BCUT2D eigenvalue weighted by Gasteiger charge is 2.17. The molecule has 1 aromatic heterocycles. The van der Waals surface area contributed by atoms with Gasteiger partial charge < -0.3 is 20.7 Å². The Morgan fingerprint density at radius 1 is 1.00 bits per heavy atom. The van der Waals surface area contributed by atoms with Gasteiger partial charge in [0, 0.05) is 39.2 Å². The number of hydrogen-bond donors (Lipinski definition) is 3. The summed E-state index contributed by atoms with van der Waals surface area (Å²) in [7, 11) is 1.59. The number of amides is 3. The van der Waals surface area contributed by atoms with Gasteiger partial charge in [-0.3, -0.25) is 19.4 Å². The summed E-state index contributed by atoms with van der Waals surface area (Å²) in [4.78, 5) is 40.3. The van der Waals surface area contributed by atoms with Crippen molar-refractivity contribution in [1.29, 1.82) is 0 Å². The molecule has 3 amide bonds. The average molecular weight is 370 g/mol. The number of aromatic nitrogens is 1. The molecule has 0 atom stereocenters. The predicted octanol–water partition coefficient (Wildman–Crippen LogP) is 1.10. The van der Waals surface area contributed by atoms with E-state index in [1.54, 1.807) is 55.9 Å². The van der Waals surface area contributed by atoms with Crippen molar-refractivity contribution in [3.05, 3.63) is 59.9 Å². The van der Waals surface area contributed by atoms with Crippen LogP contribution >= 0.6 is 0 Å². The number of anilines is 1. The molecule has 1 aromatic carbocycles. The molecule has 2 rings (SSSR count). The van der Waals surface area contributed by atoms with Crippen LogP contribution in [0.5, 0.6) is 0 Å². The zero-order valence-electron chi connectivity index (χ0n) is 15.0. The molecule has 0 radical (unpaired) electrons. The first-order valence-corrected chi connectivity index (χ1v) is 8.46. The van der Waals surface area contributed by atoms with E-state index in [-0.39, 0.29) is 23.7 Å². The Kier molecular flexibility index (Phi) is 7.92. The molecule has 0 saturated carbocycles. The maximum Gasteiger partial charge on any atom is 0.313 e. The van der Waals surface area contributed by atoms with Gasteiger partial charge in [-0.05, 0) is 36.2 Å². The van der Waals surface area contributed by atoms with Crippen LogP contribution in [0.4, 0.5) is 5.69 Å². The van der Waals surface area contributed by atoms with E-state index >= 15 is 0 Å². The van der Waals surface area contributed by atoms with Crippen molar-refractivity contribution >= 4 is 23.4 Å². The summed E-state index contributed by atoms with van der Waals surface area (Å²) in [5, 5.41) is 7.75. The van der Waals surface area contributed by atoms with E-state index in [0.717, 1.165) is 5.56 Å². The van der Waals surface area contributed by atoms with E-state index in [1.165, 1.54) is 0 Å². The lowest BCUT2D eigenvalue weighted by molar-refractivity contribution is -0.136. The van der Waals surface area contributed by atoms with Gasteiger partial charge in [0.2, 0.25) is 0 Å². The van der Waals surface area contributed by atoms with Gasteiger partial charge in [0.05, 0.1) is 11.3 Å². The third-order valence-corrected chi connectivity index (χ3v) is 3.64. The first-order valence-electron chi connectivity index (χ1n) is 8.46. The Morgan fingerprint density at radius 2 is 1.74 bits per heavy atom. The normalized spacial score (nSPS) is 10.1. The highest BCUT2D eigenvalue weighted by atomic mass is 16.5. The lowest BCUT2D eigenvalue weighted by Gasteiger charge is -2.11. The van der Waals surface area contributed by atoms with Crippen molar-refractivity contribution in [2.45, 2.75) is 13.0 Å². The number of ether oxygens (including phenoxy) is 1. The van der Waals surface area contributed by atoms with Crippen LogP contribution < -0.4 is 16.0 Å². The van der Waals surface area contributed by atoms with Crippen LogP contribution in [-0.4, -0.2) is 43.0 Å². The largest absolute Gasteiger partial charge is 0.385 e. The zero-order chi connectivity index (χ0) is 19.5. The molecule has 0 aliphatic carbocycles. The molecule has 0 bridgehead atoms. The van der Waals surface area contributed by atoms with E-state index in [2.05, 4.69) is 20.9 Å². The van der Waals surface area contributed by atoms with Gasteiger partial charge in [0.1, 0.15) is 0 Å². The molecular formula is C19H22N4O4. The molecular weight excluding hydrogens is 348 g/mol. The van der Waals surface area contributed by atoms with Crippen LogP contribution in [0.3, 0.4) is 0 Å². The second-order valence-corrected chi connectivity index (χ2v) is 5.64. The van der Waals surface area contributed by atoms with Crippen molar-refractivity contribution in [2.24, 2.45) is 0 Å². The first kappa shape index (κ1) is 20.1. The second-order valence-electron chi connectivity index (χ2n) is 5.64. The third kappa shape index (κ3) is 6.52. The number of nitrogens with zero attached hydrogens (tertiary/aromatic N) is 1. The van der Waals surface area contributed by atoms with Crippen molar-refractivity contribution < 1.29 is 19.1 Å². The second kappa shape index (κ2) is 10.7. The topological polar surface area (TPSA) is 109 Å². The molecule has 0 unspecified atom stereocenters. The first-order chi connectivity index (χ1) is 13.1. The summed E-state index contributed by atoms with van der Waals surface area (Å²) in [6, 6.07) is 9.98. The molecule has 0 fully saturated rings. The van der Waals surface area contributed by atoms with E-state index in [9.17, 15) is 14.4 Å². The predicted molar refractivity (Wildman–Crippen MR) is 100.0 cm³/mol. The van der Waals surface area contributed by atoms with Gasteiger partial charge in [0.15, 0.2) is 0 Å². The number of pyridine rings is 1.